The van der Waals surface area contributed by atoms with E-state index in [4.69, 9.17) is 14.6 Å². The fourth-order valence-corrected chi connectivity index (χ4v) is 5.12. The van der Waals surface area contributed by atoms with Gasteiger partial charge in [-0.25, -0.2) is 9.48 Å². The van der Waals surface area contributed by atoms with Crippen molar-refractivity contribution in [2.45, 2.75) is 44.5 Å². The largest absolute Gasteiger partial charge is 0.493 e. The molecule has 5 rings (SSSR count). The Morgan fingerprint density at radius 3 is 2.36 bits per heavy atom. The van der Waals surface area contributed by atoms with E-state index in [1.54, 1.807) is 16.4 Å². The fourth-order valence-electron chi connectivity index (χ4n) is 4.44. The van der Waals surface area contributed by atoms with Gasteiger partial charge in [-0.1, -0.05) is 91.5 Å². The second-order valence-electron chi connectivity index (χ2n) is 9.29. The van der Waals surface area contributed by atoms with Crippen molar-refractivity contribution in [1.82, 2.24) is 14.8 Å². The number of fused-ring (bicyclic) bond motifs is 1. The molecule has 0 aliphatic carbocycles. The molecule has 0 saturated carbocycles. The van der Waals surface area contributed by atoms with Gasteiger partial charge in [-0.2, -0.15) is 4.98 Å². The Kier molecular flexibility index (Phi) is 8.63. The lowest BCUT2D eigenvalue weighted by molar-refractivity contribution is -0.140. The molecule has 1 aliphatic heterocycles. The second kappa shape index (κ2) is 12.7. The first-order valence-corrected chi connectivity index (χ1v) is 14.2. The maximum absolute atomic E-state index is 13.5. The predicted molar refractivity (Wildman–Crippen MR) is 154 cm³/mol. The lowest BCUT2D eigenvalue weighted by Crippen LogP contribution is -2.29. The SMILES string of the molecule is CCCSc1nc2n(n1)C(c1ccc(OCCc3ccccc3)cc1)C(C(=O)OCc1ccccc1)=C(C)N2. The number of aromatic nitrogens is 3. The standard InChI is InChI=1S/C31H32N4O3S/c1-3-20-39-31-33-30-32-22(2)27(29(36)38-21-24-12-8-5-9-13-24)28(35(30)34-31)25-14-16-26(17-15-25)37-19-18-23-10-6-4-7-11-23/h4-17,28H,3,18-21H2,1-2H3,(H,32,33,34). The molecule has 3 aromatic carbocycles. The molecule has 1 N–H and O–H groups in total. The molecule has 1 aromatic heterocycles. The highest BCUT2D eigenvalue weighted by Gasteiger charge is 2.35. The number of esters is 1. The van der Waals surface area contributed by atoms with E-state index in [9.17, 15) is 4.79 Å². The van der Waals surface area contributed by atoms with Crippen LogP contribution < -0.4 is 10.1 Å². The Hall–Kier alpha value is -4.04. The Morgan fingerprint density at radius 2 is 1.67 bits per heavy atom. The number of hydrogen-bond acceptors (Lipinski definition) is 7. The van der Waals surface area contributed by atoms with Crippen LogP contribution in [0.3, 0.4) is 0 Å². The molecule has 1 aliphatic rings. The van der Waals surface area contributed by atoms with Crippen LogP contribution in [0.4, 0.5) is 5.95 Å². The van der Waals surface area contributed by atoms with Crippen LogP contribution in [-0.2, 0) is 22.6 Å². The first-order chi connectivity index (χ1) is 19.1. The summed E-state index contributed by atoms with van der Waals surface area (Å²) in [6, 6.07) is 27.3. The van der Waals surface area contributed by atoms with E-state index in [2.05, 4.69) is 29.4 Å². The van der Waals surface area contributed by atoms with E-state index in [1.807, 2.05) is 79.7 Å². The van der Waals surface area contributed by atoms with Gasteiger partial charge < -0.3 is 14.8 Å². The Bertz CT molecular complexity index is 1420. The summed E-state index contributed by atoms with van der Waals surface area (Å²) in [7, 11) is 0. The molecule has 4 aromatic rings. The number of carbonyl (C=O) groups excluding carboxylic acids is 1. The zero-order valence-electron chi connectivity index (χ0n) is 22.2. The van der Waals surface area contributed by atoms with Gasteiger partial charge in [0.25, 0.3) is 0 Å². The maximum atomic E-state index is 13.5. The van der Waals surface area contributed by atoms with Gasteiger partial charge in [0.05, 0.1) is 12.2 Å². The fraction of sp³-hybridized carbons (Fsp3) is 0.258. The third kappa shape index (κ3) is 6.52. The van der Waals surface area contributed by atoms with Crippen molar-refractivity contribution in [2.75, 3.05) is 17.7 Å². The highest BCUT2D eigenvalue weighted by molar-refractivity contribution is 7.99. The number of rotatable bonds is 11. The van der Waals surface area contributed by atoms with E-state index in [1.165, 1.54) is 5.56 Å². The smallest absolute Gasteiger partial charge is 0.338 e. The van der Waals surface area contributed by atoms with Crippen molar-refractivity contribution >= 4 is 23.7 Å². The van der Waals surface area contributed by atoms with E-state index >= 15 is 0 Å². The molecule has 0 spiro atoms. The Morgan fingerprint density at radius 1 is 0.974 bits per heavy atom. The molecule has 1 unspecified atom stereocenters. The third-order valence-corrected chi connectivity index (χ3v) is 7.44. The van der Waals surface area contributed by atoms with Crippen LogP contribution in [-0.4, -0.2) is 33.1 Å². The van der Waals surface area contributed by atoms with Gasteiger partial charge in [-0.05, 0) is 42.2 Å². The Balaban J connectivity index is 1.38. The van der Waals surface area contributed by atoms with Crippen molar-refractivity contribution in [1.29, 1.82) is 0 Å². The summed E-state index contributed by atoms with van der Waals surface area (Å²) in [4.78, 5) is 18.2. The molecule has 0 bridgehead atoms. The van der Waals surface area contributed by atoms with E-state index in [0.717, 1.165) is 35.5 Å². The second-order valence-corrected chi connectivity index (χ2v) is 10.4. The first-order valence-electron chi connectivity index (χ1n) is 13.2. The van der Waals surface area contributed by atoms with Crippen LogP contribution in [0.25, 0.3) is 0 Å². The summed E-state index contributed by atoms with van der Waals surface area (Å²) in [6.45, 7) is 4.78. The average molecular weight is 541 g/mol. The molecule has 0 radical (unpaired) electrons. The zero-order chi connectivity index (χ0) is 27.0. The van der Waals surface area contributed by atoms with Crippen molar-refractivity contribution in [3.05, 3.63) is 113 Å². The van der Waals surface area contributed by atoms with Crippen LogP contribution in [0, 0.1) is 0 Å². The predicted octanol–water partition coefficient (Wildman–Crippen LogP) is 6.43. The number of benzene rings is 3. The van der Waals surface area contributed by atoms with Gasteiger partial charge in [0, 0.05) is 17.9 Å². The summed E-state index contributed by atoms with van der Waals surface area (Å²) in [5.41, 5.74) is 4.28. The van der Waals surface area contributed by atoms with Gasteiger partial charge in [-0.3, -0.25) is 0 Å². The molecule has 200 valence electrons. The molecule has 0 fully saturated rings. The summed E-state index contributed by atoms with van der Waals surface area (Å²) in [6.07, 6.45) is 1.85. The number of hydrogen-bond donors (Lipinski definition) is 1. The van der Waals surface area contributed by atoms with Crippen LogP contribution in [0.15, 0.2) is 101 Å². The highest BCUT2D eigenvalue weighted by Crippen LogP contribution is 2.37. The topological polar surface area (TPSA) is 78.3 Å². The molecule has 8 heteroatoms. The van der Waals surface area contributed by atoms with Gasteiger partial charge >= 0.3 is 5.97 Å². The number of carbonyl (C=O) groups is 1. The molecule has 1 atom stereocenters. The van der Waals surface area contributed by atoms with Crippen molar-refractivity contribution in [3.63, 3.8) is 0 Å². The van der Waals surface area contributed by atoms with E-state index in [0.29, 0.717) is 29.0 Å². The maximum Gasteiger partial charge on any atom is 0.338 e. The minimum atomic E-state index is -0.480. The van der Waals surface area contributed by atoms with E-state index < -0.39 is 6.04 Å². The van der Waals surface area contributed by atoms with Crippen LogP contribution in [0.1, 0.15) is 43.0 Å². The number of allylic oxidation sites excluding steroid dienone is 1. The molecular formula is C31H32N4O3S. The molecular weight excluding hydrogens is 508 g/mol. The molecule has 2 heterocycles. The van der Waals surface area contributed by atoms with E-state index in [-0.39, 0.29) is 12.6 Å². The molecule has 0 amide bonds. The summed E-state index contributed by atoms with van der Waals surface area (Å²) in [5.74, 6) is 1.91. The first kappa shape index (κ1) is 26.6. The van der Waals surface area contributed by atoms with Gasteiger partial charge in [0.2, 0.25) is 11.1 Å². The highest BCUT2D eigenvalue weighted by atomic mass is 32.2. The van der Waals surface area contributed by atoms with Crippen LogP contribution in [0.2, 0.25) is 0 Å². The van der Waals surface area contributed by atoms with Crippen LogP contribution in [0.5, 0.6) is 5.75 Å². The number of ether oxygens (including phenoxy) is 2. The normalized spacial score (nSPS) is 14.5. The summed E-state index contributed by atoms with van der Waals surface area (Å²) in [5, 5.41) is 8.72. The quantitative estimate of drug-likeness (QED) is 0.173. The van der Waals surface area contributed by atoms with Crippen molar-refractivity contribution in [3.8, 4) is 5.75 Å². The van der Waals surface area contributed by atoms with Gasteiger partial charge in [0.1, 0.15) is 18.4 Å². The Labute approximate surface area is 233 Å². The molecule has 7 nitrogen and oxygen atoms in total. The number of nitrogens with one attached hydrogen (secondary N) is 1. The average Bonchev–Trinajstić information content (AvgIpc) is 3.38. The minimum Gasteiger partial charge on any atom is -0.493 e. The molecule has 39 heavy (non-hydrogen) atoms. The summed E-state index contributed by atoms with van der Waals surface area (Å²) >= 11 is 1.60. The number of thioether (sulfide) groups is 1. The minimum absolute atomic E-state index is 0.194. The number of nitrogens with zero attached hydrogens (tertiary/aromatic N) is 3. The van der Waals surface area contributed by atoms with Gasteiger partial charge in [-0.15, -0.1) is 5.10 Å². The lowest BCUT2D eigenvalue weighted by Gasteiger charge is -2.28. The van der Waals surface area contributed by atoms with Crippen LogP contribution >= 0.6 is 11.8 Å². The van der Waals surface area contributed by atoms with Gasteiger partial charge in [0.15, 0.2) is 0 Å². The number of anilines is 1. The van der Waals surface area contributed by atoms with Crippen molar-refractivity contribution < 1.29 is 14.3 Å². The third-order valence-electron chi connectivity index (χ3n) is 6.40. The van der Waals surface area contributed by atoms with Crippen molar-refractivity contribution in [2.24, 2.45) is 0 Å². The lowest BCUT2D eigenvalue weighted by atomic mass is 9.95. The molecule has 0 saturated heterocycles. The summed E-state index contributed by atoms with van der Waals surface area (Å²) < 4.78 is 13.6. The zero-order valence-corrected chi connectivity index (χ0v) is 23.0. The monoisotopic (exact) mass is 540 g/mol.